The number of hydrogen-bond donors (Lipinski definition) is 2. The molecule has 0 spiro atoms. The van der Waals surface area contributed by atoms with Crippen LogP contribution in [-0.2, 0) is 5.75 Å². The van der Waals surface area contributed by atoms with E-state index in [4.69, 9.17) is 11.1 Å². The second-order valence-corrected chi connectivity index (χ2v) is 5.51. The molecule has 1 unspecified atom stereocenters. The summed E-state index contributed by atoms with van der Waals surface area (Å²) in [6.45, 7) is 6.55. The Morgan fingerprint density at radius 1 is 1.50 bits per heavy atom. The first-order valence-electron chi connectivity index (χ1n) is 5.60. The molecule has 0 radical (unpaired) electrons. The summed E-state index contributed by atoms with van der Waals surface area (Å²) in [6, 6.07) is 6.01. The van der Waals surface area contributed by atoms with Gasteiger partial charge in [0.25, 0.3) is 0 Å². The molecule has 0 aromatic heterocycles. The predicted octanol–water partition coefficient (Wildman–Crippen LogP) is 3.31. The van der Waals surface area contributed by atoms with Crippen molar-refractivity contribution in [2.45, 2.75) is 38.2 Å². The zero-order valence-electron chi connectivity index (χ0n) is 10.2. The lowest BCUT2D eigenvalue weighted by Crippen LogP contribution is -2.11. The number of aryl methyl sites for hydroxylation is 1. The smallest absolute Gasteiger partial charge is 0.122 e. The average Bonchev–Trinajstić information content (AvgIpc) is 2.26. The van der Waals surface area contributed by atoms with Crippen LogP contribution in [0.2, 0.25) is 0 Å². The van der Waals surface area contributed by atoms with Crippen molar-refractivity contribution < 1.29 is 0 Å². The van der Waals surface area contributed by atoms with Gasteiger partial charge in [-0.2, -0.15) is 11.8 Å². The minimum Gasteiger partial charge on any atom is -0.384 e. The van der Waals surface area contributed by atoms with E-state index in [2.05, 4.69) is 26.8 Å². The van der Waals surface area contributed by atoms with Crippen LogP contribution in [0.5, 0.6) is 0 Å². The van der Waals surface area contributed by atoms with E-state index in [-0.39, 0.29) is 5.84 Å². The lowest BCUT2D eigenvalue weighted by molar-refractivity contribution is 0.905. The normalized spacial score (nSPS) is 12.4. The predicted molar refractivity (Wildman–Crippen MR) is 73.2 cm³/mol. The van der Waals surface area contributed by atoms with Crippen LogP contribution in [0.25, 0.3) is 0 Å². The maximum absolute atomic E-state index is 7.38. The summed E-state index contributed by atoms with van der Waals surface area (Å²) in [6.07, 6.45) is 1.20. The molecule has 0 saturated carbocycles. The maximum atomic E-state index is 7.38. The van der Waals surface area contributed by atoms with E-state index in [1.807, 2.05) is 23.9 Å². The summed E-state index contributed by atoms with van der Waals surface area (Å²) >= 11 is 1.97. The van der Waals surface area contributed by atoms with E-state index < -0.39 is 0 Å². The molecular weight excluding hydrogens is 216 g/mol. The van der Waals surface area contributed by atoms with Crippen molar-refractivity contribution >= 4 is 17.6 Å². The maximum Gasteiger partial charge on any atom is 0.122 e. The molecule has 0 bridgehead atoms. The molecule has 3 heteroatoms. The van der Waals surface area contributed by atoms with Gasteiger partial charge in [0.15, 0.2) is 0 Å². The molecule has 0 fully saturated rings. The minimum atomic E-state index is 0.143. The van der Waals surface area contributed by atoms with Crippen LogP contribution in [0.15, 0.2) is 18.2 Å². The average molecular weight is 236 g/mol. The Kier molecular flexibility index (Phi) is 4.87. The van der Waals surface area contributed by atoms with Crippen LogP contribution in [-0.4, -0.2) is 11.1 Å². The zero-order valence-corrected chi connectivity index (χ0v) is 11.0. The molecule has 0 heterocycles. The van der Waals surface area contributed by atoms with Gasteiger partial charge in [0.05, 0.1) is 0 Å². The largest absolute Gasteiger partial charge is 0.384 e. The Balaban J connectivity index is 2.72. The van der Waals surface area contributed by atoms with Crippen molar-refractivity contribution in [3.05, 3.63) is 34.9 Å². The Bertz CT molecular complexity index is 374. The Morgan fingerprint density at radius 2 is 2.19 bits per heavy atom. The zero-order chi connectivity index (χ0) is 12.1. The van der Waals surface area contributed by atoms with Crippen LogP contribution in [0, 0.1) is 12.3 Å². The highest BCUT2D eigenvalue weighted by molar-refractivity contribution is 7.99. The molecule has 88 valence electrons. The van der Waals surface area contributed by atoms with Gasteiger partial charge in [-0.05, 0) is 30.5 Å². The molecule has 1 aromatic carbocycles. The first-order valence-corrected chi connectivity index (χ1v) is 6.65. The van der Waals surface area contributed by atoms with E-state index >= 15 is 0 Å². The second kappa shape index (κ2) is 5.94. The van der Waals surface area contributed by atoms with E-state index in [1.54, 1.807) is 0 Å². The van der Waals surface area contributed by atoms with Crippen LogP contribution in [0.1, 0.15) is 37.0 Å². The fraction of sp³-hybridized carbons (Fsp3) is 0.462. The number of benzene rings is 1. The highest BCUT2D eigenvalue weighted by Crippen LogP contribution is 2.22. The molecule has 16 heavy (non-hydrogen) atoms. The molecule has 0 aliphatic heterocycles. The standard InChI is InChI=1S/C13H20N2S/c1-4-10(3)16-8-12-6-5-11(13(14)15)7-9(12)2/h5-7,10H,4,8H2,1-3H3,(H3,14,15). The molecule has 0 amide bonds. The van der Waals surface area contributed by atoms with Crippen LogP contribution in [0.4, 0.5) is 0 Å². The Labute approximate surface area is 102 Å². The molecule has 0 aliphatic carbocycles. The Morgan fingerprint density at radius 3 is 2.69 bits per heavy atom. The van der Waals surface area contributed by atoms with Gasteiger partial charge >= 0.3 is 0 Å². The fourth-order valence-corrected chi connectivity index (χ4v) is 2.40. The van der Waals surface area contributed by atoms with E-state index in [0.29, 0.717) is 5.25 Å². The van der Waals surface area contributed by atoms with Crippen LogP contribution >= 0.6 is 11.8 Å². The van der Waals surface area contributed by atoms with Gasteiger partial charge in [0.1, 0.15) is 5.84 Å². The summed E-state index contributed by atoms with van der Waals surface area (Å²) in [5, 5.41) is 8.08. The van der Waals surface area contributed by atoms with Gasteiger partial charge in [-0.15, -0.1) is 0 Å². The highest BCUT2D eigenvalue weighted by Gasteiger charge is 2.04. The number of thioether (sulfide) groups is 1. The molecule has 1 atom stereocenters. The SMILES string of the molecule is CCC(C)SCc1ccc(C(=N)N)cc1C. The highest BCUT2D eigenvalue weighted by atomic mass is 32.2. The van der Waals surface area contributed by atoms with E-state index in [0.717, 1.165) is 11.3 Å². The second-order valence-electron chi connectivity index (χ2n) is 4.08. The number of rotatable bonds is 5. The van der Waals surface area contributed by atoms with Gasteiger partial charge in [-0.25, -0.2) is 0 Å². The van der Waals surface area contributed by atoms with E-state index in [1.165, 1.54) is 17.5 Å². The monoisotopic (exact) mass is 236 g/mol. The van der Waals surface area contributed by atoms with Crippen molar-refractivity contribution in [1.29, 1.82) is 5.41 Å². The summed E-state index contributed by atoms with van der Waals surface area (Å²) in [5.41, 5.74) is 8.84. The number of nitrogens with two attached hydrogens (primary N) is 1. The lowest BCUT2D eigenvalue weighted by Gasteiger charge is -2.11. The van der Waals surface area contributed by atoms with Crippen LogP contribution in [0.3, 0.4) is 0 Å². The minimum absolute atomic E-state index is 0.143. The summed E-state index contributed by atoms with van der Waals surface area (Å²) in [5.74, 6) is 1.18. The molecule has 0 aliphatic rings. The summed E-state index contributed by atoms with van der Waals surface area (Å²) in [7, 11) is 0. The number of nitrogen functional groups attached to an aromatic ring is 1. The van der Waals surface area contributed by atoms with Crippen molar-refractivity contribution in [3.8, 4) is 0 Å². The molecule has 2 nitrogen and oxygen atoms in total. The topological polar surface area (TPSA) is 49.9 Å². The third kappa shape index (κ3) is 3.56. The quantitative estimate of drug-likeness (QED) is 0.608. The van der Waals surface area contributed by atoms with E-state index in [9.17, 15) is 0 Å². The Hall–Kier alpha value is -0.960. The fourth-order valence-electron chi connectivity index (χ4n) is 1.38. The van der Waals surface area contributed by atoms with Crippen molar-refractivity contribution in [3.63, 3.8) is 0 Å². The van der Waals surface area contributed by atoms with Gasteiger partial charge in [-0.3, -0.25) is 5.41 Å². The molecule has 3 N–H and O–H groups in total. The number of amidine groups is 1. The third-order valence-electron chi connectivity index (χ3n) is 2.75. The molecule has 0 saturated heterocycles. The third-order valence-corrected chi connectivity index (χ3v) is 4.13. The van der Waals surface area contributed by atoms with Gasteiger partial charge in [0, 0.05) is 16.6 Å². The number of nitrogens with one attached hydrogen (secondary N) is 1. The van der Waals surface area contributed by atoms with Gasteiger partial charge in [-0.1, -0.05) is 26.0 Å². The van der Waals surface area contributed by atoms with Gasteiger partial charge in [0.2, 0.25) is 0 Å². The van der Waals surface area contributed by atoms with Gasteiger partial charge < -0.3 is 5.73 Å². The first-order chi connectivity index (χ1) is 7.54. The molecule has 1 rings (SSSR count). The lowest BCUT2D eigenvalue weighted by atomic mass is 10.1. The summed E-state index contributed by atoms with van der Waals surface area (Å²) in [4.78, 5) is 0. The van der Waals surface area contributed by atoms with Crippen molar-refractivity contribution in [2.75, 3.05) is 0 Å². The first kappa shape index (κ1) is 13.1. The summed E-state index contributed by atoms with van der Waals surface area (Å²) < 4.78 is 0. The molecular formula is C13H20N2S. The van der Waals surface area contributed by atoms with Crippen LogP contribution < -0.4 is 5.73 Å². The molecule has 1 aromatic rings. The number of hydrogen-bond acceptors (Lipinski definition) is 2. The van der Waals surface area contributed by atoms with Crippen molar-refractivity contribution in [1.82, 2.24) is 0 Å². The van der Waals surface area contributed by atoms with Crippen molar-refractivity contribution in [2.24, 2.45) is 5.73 Å².